The highest BCUT2D eigenvalue weighted by Gasteiger charge is 2.20. The van der Waals surface area contributed by atoms with E-state index in [2.05, 4.69) is 0 Å². The molecule has 2 N–H and O–H groups in total. The molecule has 0 atom stereocenters. The van der Waals surface area contributed by atoms with Crippen LogP contribution in [0.4, 0.5) is 0 Å². The molecule has 0 radical (unpaired) electrons. The first-order valence-electron chi connectivity index (χ1n) is 6.88. The predicted molar refractivity (Wildman–Crippen MR) is 72.7 cm³/mol. The number of ether oxygens (including phenoxy) is 2. The van der Waals surface area contributed by atoms with Crippen molar-refractivity contribution in [2.45, 2.75) is 31.8 Å². The van der Waals surface area contributed by atoms with Gasteiger partial charge in [-0.1, -0.05) is 18.2 Å². The van der Waals surface area contributed by atoms with Gasteiger partial charge in [0.05, 0.1) is 12.7 Å². The number of benzene rings is 1. The average molecular weight is 249 g/mol. The molecule has 0 aliphatic heterocycles. The third-order valence-electron chi connectivity index (χ3n) is 3.58. The summed E-state index contributed by atoms with van der Waals surface area (Å²) in [5.41, 5.74) is 5.67. The molecular weight excluding hydrogens is 226 g/mol. The Balaban J connectivity index is 1.56. The van der Waals surface area contributed by atoms with Crippen LogP contribution >= 0.6 is 0 Å². The maximum atomic E-state index is 5.83. The smallest absolute Gasteiger partial charge is 0.119 e. The summed E-state index contributed by atoms with van der Waals surface area (Å²) in [6.07, 6.45) is 5.12. The van der Waals surface area contributed by atoms with Gasteiger partial charge < -0.3 is 15.2 Å². The van der Waals surface area contributed by atoms with Gasteiger partial charge in [-0.05, 0) is 50.3 Å². The minimum atomic E-state index is 0.409. The number of hydrogen-bond acceptors (Lipinski definition) is 3. The normalized spacial score (nSPS) is 23.8. The molecule has 1 saturated carbocycles. The highest BCUT2D eigenvalue weighted by atomic mass is 16.5. The molecule has 0 unspecified atom stereocenters. The second kappa shape index (κ2) is 7.39. The molecule has 1 aromatic rings. The Kier molecular flexibility index (Phi) is 5.49. The Bertz CT molecular complexity index is 321. The average Bonchev–Trinajstić information content (AvgIpc) is 2.45. The van der Waals surface area contributed by atoms with Crippen molar-refractivity contribution in [2.75, 3.05) is 19.8 Å². The Morgan fingerprint density at radius 3 is 2.39 bits per heavy atom. The summed E-state index contributed by atoms with van der Waals surface area (Å²) in [7, 11) is 0. The summed E-state index contributed by atoms with van der Waals surface area (Å²) >= 11 is 0. The lowest BCUT2D eigenvalue weighted by molar-refractivity contribution is 0.00497. The van der Waals surface area contributed by atoms with Gasteiger partial charge in [-0.25, -0.2) is 0 Å². The fourth-order valence-electron chi connectivity index (χ4n) is 2.43. The molecule has 18 heavy (non-hydrogen) atoms. The van der Waals surface area contributed by atoms with Crippen molar-refractivity contribution in [3.8, 4) is 5.75 Å². The standard InChI is InChI=1S/C15H23NO2/c16-12-13-6-8-15(9-7-13)18-11-10-17-14-4-2-1-3-5-14/h1-5,13,15H,6-12,16H2. The molecule has 0 aromatic heterocycles. The topological polar surface area (TPSA) is 44.5 Å². The number of nitrogens with two attached hydrogens (primary N) is 1. The minimum Gasteiger partial charge on any atom is -0.491 e. The fourth-order valence-corrected chi connectivity index (χ4v) is 2.43. The fraction of sp³-hybridized carbons (Fsp3) is 0.600. The van der Waals surface area contributed by atoms with Gasteiger partial charge in [-0.15, -0.1) is 0 Å². The van der Waals surface area contributed by atoms with Crippen molar-refractivity contribution in [3.63, 3.8) is 0 Å². The van der Waals surface area contributed by atoms with Crippen LogP contribution in [0.2, 0.25) is 0 Å². The monoisotopic (exact) mass is 249 g/mol. The van der Waals surface area contributed by atoms with Crippen molar-refractivity contribution in [3.05, 3.63) is 30.3 Å². The van der Waals surface area contributed by atoms with Crippen LogP contribution in [0.25, 0.3) is 0 Å². The van der Waals surface area contributed by atoms with Gasteiger partial charge in [0.2, 0.25) is 0 Å². The van der Waals surface area contributed by atoms with Crippen LogP contribution in [0, 0.1) is 5.92 Å². The van der Waals surface area contributed by atoms with E-state index >= 15 is 0 Å². The lowest BCUT2D eigenvalue weighted by Gasteiger charge is -2.27. The number of rotatable bonds is 6. The molecule has 1 fully saturated rings. The molecule has 0 spiro atoms. The molecule has 2 rings (SSSR count). The quantitative estimate of drug-likeness (QED) is 0.788. The Labute approximate surface area is 109 Å². The van der Waals surface area contributed by atoms with E-state index in [1.54, 1.807) is 0 Å². The van der Waals surface area contributed by atoms with E-state index in [9.17, 15) is 0 Å². The van der Waals surface area contributed by atoms with Crippen LogP contribution in [0.15, 0.2) is 30.3 Å². The van der Waals surface area contributed by atoms with Crippen molar-refractivity contribution in [1.29, 1.82) is 0 Å². The first-order chi connectivity index (χ1) is 8.88. The molecule has 3 heteroatoms. The summed E-state index contributed by atoms with van der Waals surface area (Å²) in [6, 6.07) is 9.87. The Morgan fingerprint density at radius 1 is 1.00 bits per heavy atom. The van der Waals surface area contributed by atoms with Crippen molar-refractivity contribution in [2.24, 2.45) is 11.7 Å². The van der Waals surface area contributed by atoms with Gasteiger partial charge in [-0.3, -0.25) is 0 Å². The molecule has 1 aliphatic rings. The summed E-state index contributed by atoms with van der Waals surface area (Å²) in [6.45, 7) is 2.12. The van der Waals surface area contributed by atoms with Gasteiger partial charge in [0.25, 0.3) is 0 Å². The van der Waals surface area contributed by atoms with Gasteiger partial charge in [0, 0.05) is 0 Å². The highest BCUT2D eigenvalue weighted by Crippen LogP contribution is 2.25. The zero-order chi connectivity index (χ0) is 12.6. The lowest BCUT2D eigenvalue weighted by Crippen LogP contribution is -2.27. The maximum Gasteiger partial charge on any atom is 0.119 e. The summed E-state index contributed by atoms with van der Waals surface area (Å²) in [5.74, 6) is 1.62. The minimum absolute atomic E-state index is 0.409. The van der Waals surface area contributed by atoms with E-state index in [0.717, 1.165) is 25.1 Å². The van der Waals surface area contributed by atoms with E-state index in [1.165, 1.54) is 12.8 Å². The Morgan fingerprint density at radius 2 is 1.72 bits per heavy atom. The largest absolute Gasteiger partial charge is 0.491 e. The van der Waals surface area contributed by atoms with E-state index < -0.39 is 0 Å². The van der Waals surface area contributed by atoms with Gasteiger partial charge in [-0.2, -0.15) is 0 Å². The van der Waals surface area contributed by atoms with E-state index in [0.29, 0.717) is 25.2 Å². The van der Waals surface area contributed by atoms with Crippen molar-refractivity contribution in [1.82, 2.24) is 0 Å². The zero-order valence-electron chi connectivity index (χ0n) is 10.9. The second-order valence-corrected chi connectivity index (χ2v) is 4.91. The molecule has 3 nitrogen and oxygen atoms in total. The molecule has 100 valence electrons. The van der Waals surface area contributed by atoms with E-state index in [1.807, 2.05) is 30.3 Å². The second-order valence-electron chi connectivity index (χ2n) is 4.91. The number of para-hydroxylation sites is 1. The van der Waals surface area contributed by atoms with Crippen LogP contribution in [0.3, 0.4) is 0 Å². The van der Waals surface area contributed by atoms with Crippen molar-refractivity contribution < 1.29 is 9.47 Å². The van der Waals surface area contributed by atoms with Gasteiger partial charge in [0.15, 0.2) is 0 Å². The summed E-state index contributed by atoms with van der Waals surface area (Å²) in [4.78, 5) is 0. The molecule has 0 bridgehead atoms. The predicted octanol–water partition coefficient (Wildman–Crippen LogP) is 2.60. The molecule has 1 aromatic carbocycles. The van der Waals surface area contributed by atoms with E-state index in [4.69, 9.17) is 15.2 Å². The third kappa shape index (κ3) is 4.31. The van der Waals surface area contributed by atoms with Crippen molar-refractivity contribution >= 4 is 0 Å². The third-order valence-corrected chi connectivity index (χ3v) is 3.58. The van der Waals surface area contributed by atoms with Crippen LogP contribution in [-0.4, -0.2) is 25.9 Å². The molecular formula is C15H23NO2. The molecule has 0 heterocycles. The lowest BCUT2D eigenvalue weighted by atomic mass is 9.87. The molecule has 1 aliphatic carbocycles. The number of hydrogen-bond donors (Lipinski definition) is 1. The zero-order valence-corrected chi connectivity index (χ0v) is 10.9. The first-order valence-corrected chi connectivity index (χ1v) is 6.88. The van der Waals surface area contributed by atoms with Crippen LogP contribution in [0.5, 0.6) is 5.75 Å². The summed E-state index contributed by atoms with van der Waals surface area (Å²) < 4.78 is 11.4. The Hall–Kier alpha value is -1.06. The highest BCUT2D eigenvalue weighted by molar-refractivity contribution is 5.20. The van der Waals surface area contributed by atoms with E-state index in [-0.39, 0.29) is 0 Å². The van der Waals surface area contributed by atoms with Crippen LogP contribution in [0.1, 0.15) is 25.7 Å². The summed E-state index contributed by atoms with van der Waals surface area (Å²) in [5, 5.41) is 0. The van der Waals surface area contributed by atoms with Crippen LogP contribution < -0.4 is 10.5 Å². The molecule has 0 saturated heterocycles. The molecule has 0 amide bonds. The first kappa shape index (κ1) is 13.4. The van der Waals surface area contributed by atoms with Gasteiger partial charge in [0.1, 0.15) is 12.4 Å². The van der Waals surface area contributed by atoms with Crippen LogP contribution in [-0.2, 0) is 4.74 Å². The SMILES string of the molecule is NCC1CCC(OCCOc2ccccc2)CC1. The maximum absolute atomic E-state index is 5.83. The van der Waals surface area contributed by atoms with Gasteiger partial charge >= 0.3 is 0 Å².